The molecule has 0 amide bonds. The summed E-state index contributed by atoms with van der Waals surface area (Å²) in [6.45, 7) is 0. The number of hydrogen-bond donors (Lipinski definition) is 0. The van der Waals surface area contributed by atoms with E-state index in [4.69, 9.17) is 90.7 Å². The van der Waals surface area contributed by atoms with Gasteiger partial charge in [-0.3, -0.25) is 0 Å². The summed E-state index contributed by atoms with van der Waals surface area (Å²) in [6.07, 6.45) is 0. The molecule has 0 aliphatic carbocycles. The van der Waals surface area contributed by atoms with Gasteiger partial charge in [0.25, 0.3) is 0 Å². The standard InChI is InChI=1S/C13H5Cl7O2/c1-21-12-7(3-6(16)8(17)11(12)20)22-13-9(18)4(14)2-5(15)10(13)19/h2-3H,1H3. The molecule has 2 aromatic rings. The lowest BCUT2D eigenvalue weighted by molar-refractivity contribution is 0.379. The Kier molecular flexibility index (Phi) is 6.12. The van der Waals surface area contributed by atoms with Gasteiger partial charge in [-0.05, 0) is 6.07 Å². The van der Waals surface area contributed by atoms with Gasteiger partial charge in [0.2, 0.25) is 0 Å². The number of ether oxygens (including phenoxy) is 2. The number of rotatable bonds is 3. The molecule has 2 nitrogen and oxygen atoms in total. The first-order chi connectivity index (χ1) is 10.3. The molecule has 0 saturated carbocycles. The molecular formula is C13H5Cl7O2. The van der Waals surface area contributed by atoms with Crippen LogP contribution in [0.3, 0.4) is 0 Å². The van der Waals surface area contributed by atoms with E-state index in [-0.39, 0.29) is 52.4 Å². The van der Waals surface area contributed by atoms with Gasteiger partial charge in [-0.1, -0.05) is 81.2 Å². The predicted molar refractivity (Wildman–Crippen MR) is 94.6 cm³/mol. The molecule has 0 unspecified atom stereocenters. The smallest absolute Gasteiger partial charge is 0.181 e. The van der Waals surface area contributed by atoms with Gasteiger partial charge in [-0.2, -0.15) is 0 Å². The number of hydrogen-bond acceptors (Lipinski definition) is 2. The number of benzene rings is 2. The molecular weight excluding hydrogens is 436 g/mol. The summed E-state index contributed by atoms with van der Waals surface area (Å²) in [5.74, 6) is 0.372. The maximum absolute atomic E-state index is 6.09. The highest BCUT2D eigenvalue weighted by atomic mass is 35.5. The summed E-state index contributed by atoms with van der Waals surface area (Å²) in [4.78, 5) is 0. The second-order valence-corrected chi connectivity index (χ2v) is 6.65. The van der Waals surface area contributed by atoms with Gasteiger partial charge in [0.15, 0.2) is 17.2 Å². The van der Waals surface area contributed by atoms with Crippen molar-refractivity contribution in [1.29, 1.82) is 0 Å². The van der Waals surface area contributed by atoms with E-state index in [1.165, 1.54) is 19.2 Å². The predicted octanol–water partition coefficient (Wildman–Crippen LogP) is 8.06. The SMILES string of the molecule is COc1c(Oc2c(Cl)c(Cl)cc(Cl)c2Cl)cc(Cl)c(Cl)c1Cl. The van der Waals surface area contributed by atoms with Crippen molar-refractivity contribution in [3.8, 4) is 17.2 Å². The van der Waals surface area contributed by atoms with E-state index in [1.54, 1.807) is 0 Å². The Balaban J connectivity index is 2.62. The van der Waals surface area contributed by atoms with Crippen molar-refractivity contribution in [3.05, 3.63) is 47.3 Å². The number of halogens is 7. The third kappa shape index (κ3) is 3.44. The molecule has 2 rings (SSSR count). The van der Waals surface area contributed by atoms with Gasteiger partial charge >= 0.3 is 0 Å². The lowest BCUT2D eigenvalue weighted by atomic mass is 10.3. The molecule has 22 heavy (non-hydrogen) atoms. The van der Waals surface area contributed by atoms with E-state index >= 15 is 0 Å². The molecule has 0 aliphatic heterocycles. The van der Waals surface area contributed by atoms with Gasteiger partial charge in [-0.25, -0.2) is 0 Å². The quantitative estimate of drug-likeness (QED) is 0.354. The molecule has 118 valence electrons. The summed E-state index contributed by atoms with van der Waals surface area (Å²) >= 11 is 42.1. The van der Waals surface area contributed by atoms with E-state index in [0.29, 0.717) is 0 Å². The van der Waals surface area contributed by atoms with Crippen LogP contribution in [0.1, 0.15) is 0 Å². The maximum Gasteiger partial charge on any atom is 0.181 e. The summed E-state index contributed by atoms with van der Waals surface area (Å²) < 4.78 is 10.8. The van der Waals surface area contributed by atoms with Crippen molar-refractivity contribution in [2.45, 2.75) is 0 Å². The molecule has 0 fully saturated rings. The van der Waals surface area contributed by atoms with Crippen LogP contribution < -0.4 is 9.47 Å². The van der Waals surface area contributed by atoms with E-state index in [9.17, 15) is 0 Å². The Morgan fingerprint density at radius 1 is 0.636 bits per heavy atom. The lowest BCUT2D eigenvalue weighted by Crippen LogP contribution is -1.94. The molecule has 0 heterocycles. The van der Waals surface area contributed by atoms with E-state index in [1.807, 2.05) is 0 Å². The number of methoxy groups -OCH3 is 1. The summed E-state index contributed by atoms with van der Waals surface area (Å²) in [5, 5.41) is 0.914. The van der Waals surface area contributed by atoms with E-state index in [0.717, 1.165) is 0 Å². The van der Waals surface area contributed by atoms with Gasteiger partial charge < -0.3 is 9.47 Å². The van der Waals surface area contributed by atoms with Crippen LogP contribution in [0, 0.1) is 0 Å². The minimum Gasteiger partial charge on any atom is -0.491 e. The van der Waals surface area contributed by atoms with E-state index < -0.39 is 0 Å². The van der Waals surface area contributed by atoms with Crippen LogP contribution in [0.15, 0.2) is 12.1 Å². The molecule has 0 atom stereocenters. The fourth-order valence-corrected chi connectivity index (χ4v) is 3.10. The first-order valence-electron chi connectivity index (χ1n) is 5.50. The average Bonchev–Trinajstić information content (AvgIpc) is 2.47. The molecule has 0 radical (unpaired) electrons. The van der Waals surface area contributed by atoms with Gasteiger partial charge in [0, 0.05) is 6.07 Å². The monoisotopic (exact) mass is 438 g/mol. The maximum atomic E-state index is 6.09. The molecule has 0 N–H and O–H groups in total. The molecule has 2 aromatic carbocycles. The van der Waals surface area contributed by atoms with Crippen LogP contribution >= 0.6 is 81.2 Å². The first kappa shape index (κ1) is 18.4. The normalized spacial score (nSPS) is 10.7. The van der Waals surface area contributed by atoms with Crippen molar-refractivity contribution < 1.29 is 9.47 Å². The molecule has 0 aliphatic rings. The van der Waals surface area contributed by atoms with Crippen molar-refractivity contribution >= 4 is 81.2 Å². The van der Waals surface area contributed by atoms with Gasteiger partial charge in [0.1, 0.15) is 15.1 Å². The zero-order valence-electron chi connectivity index (χ0n) is 10.6. The largest absolute Gasteiger partial charge is 0.491 e. The van der Waals surface area contributed by atoms with Crippen LogP contribution in [0.25, 0.3) is 0 Å². The Morgan fingerprint density at radius 2 is 1.14 bits per heavy atom. The highest BCUT2D eigenvalue weighted by Gasteiger charge is 2.21. The summed E-state index contributed by atoms with van der Waals surface area (Å²) in [5.41, 5.74) is 0. The van der Waals surface area contributed by atoms with Gasteiger partial charge in [0.05, 0.1) is 27.2 Å². The Bertz CT molecular complexity index is 720. The fraction of sp³-hybridized carbons (Fsp3) is 0.0769. The molecule has 0 saturated heterocycles. The highest BCUT2D eigenvalue weighted by molar-refractivity contribution is 6.49. The topological polar surface area (TPSA) is 18.5 Å². The van der Waals surface area contributed by atoms with Crippen LogP contribution in [-0.2, 0) is 0 Å². The second-order valence-electron chi connectivity index (χ2n) is 3.92. The van der Waals surface area contributed by atoms with Crippen molar-refractivity contribution in [2.75, 3.05) is 7.11 Å². The van der Waals surface area contributed by atoms with Crippen LogP contribution in [0.4, 0.5) is 0 Å². The van der Waals surface area contributed by atoms with Crippen molar-refractivity contribution in [3.63, 3.8) is 0 Å². The van der Waals surface area contributed by atoms with E-state index in [2.05, 4.69) is 0 Å². The third-order valence-corrected chi connectivity index (χ3v) is 5.36. The van der Waals surface area contributed by atoms with Crippen molar-refractivity contribution in [1.82, 2.24) is 0 Å². The fourth-order valence-electron chi connectivity index (χ4n) is 1.57. The van der Waals surface area contributed by atoms with Crippen LogP contribution in [-0.4, -0.2) is 7.11 Å². The van der Waals surface area contributed by atoms with Crippen molar-refractivity contribution in [2.24, 2.45) is 0 Å². The zero-order valence-corrected chi connectivity index (χ0v) is 15.9. The minimum absolute atomic E-state index is 0.0496. The summed E-state index contributed by atoms with van der Waals surface area (Å²) in [7, 11) is 1.40. The Labute approximate surface area is 161 Å². The highest BCUT2D eigenvalue weighted by Crippen LogP contribution is 2.49. The molecule has 0 bridgehead atoms. The summed E-state index contributed by atoms with van der Waals surface area (Å²) in [6, 6.07) is 2.82. The average molecular weight is 441 g/mol. The molecule has 9 heteroatoms. The Morgan fingerprint density at radius 3 is 1.64 bits per heavy atom. The lowest BCUT2D eigenvalue weighted by Gasteiger charge is -2.16. The molecule has 0 spiro atoms. The van der Waals surface area contributed by atoms with Crippen LogP contribution in [0.5, 0.6) is 17.2 Å². The Hall–Kier alpha value is 0.0700. The molecule has 0 aromatic heterocycles. The van der Waals surface area contributed by atoms with Gasteiger partial charge in [-0.15, -0.1) is 0 Å². The second kappa shape index (κ2) is 7.31. The minimum atomic E-state index is 0.0496. The van der Waals surface area contributed by atoms with Crippen LogP contribution in [0.2, 0.25) is 35.2 Å². The zero-order chi connectivity index (χ0) is 16.6. The third-order valence-electron chi connectivity index (χ3n) is 2.57. The first-order valence-corrected chi connectivity index (χ1v) is 8.14.